The van der Waals surface area contributed by atoms with Gasteiger partial charge in [0.05, 0.1) is 18.7 Å². The highest BCUT2D eigenvalue weighted by Crippen LogP contribution is 2.33. The third-order valence-corrected chi connectivity index (χ3v) is 4.69. The van der Waals surface area contributed by atoms with Crippen molar-refractivity contribution < 1.29 is 28.7 Å². The maximum Gasteiger partial charge on any atom is 0.306 e. The number of nitrogens with zero attached hydrogens (tertiary/aromatic N) is 1. The summed E-state index contributed by atoms with van der Waals surface area (Å²) in [4.78, 5) is 50.3. The Morgan fingerprint density at radius 1 is 1.13 bits per heavy atom. The van der Waals surface area contributed by atoms with Crippen LogP contribution in [0.3, 0.4) is 0 Å². The summed E-state index contributed by atoms with van der Waals surface area (Å²) in [5.74, 6) is -1.06. The Kier molecular flexibility index (Phi) is 7.02. The van der Waals surface area contributed by atoms with Crippen molar-refractivity contribution in [3.8, 4) is 5.75 Å². The smallest absolute Gasteiger partial charge is 0.306 e. The number of esters is 1. The highest BCUT2D eigenvalue weighted by Gasteiger charge is 2.28. The molecule has 0 aliphatic carbocycles. The molecular weight excluding hydrogens is 400 g/mol. The summed E-state index contributed by atoms with van der Waals surface area (Å²) in [7, 11) is 0. The minimum absolute atomic E-state index is 0.0136. The summed E-state index contributed by atoms with van der Waals surface area (Å²) >= 11 is 0. The molecule has 0 spiro atoms. The number of ketones is 1. The molecular formula is C23H24N2O6. The number of ether oxygens (including phenoxy) is 2. The standard InChI is InChI=1S/C23H24N2O6/c1-3-30-23(29)10-8-19(26)16-7-9-20-18(12-16)25(22(28)14-31-20)13-21(27)24-17-6-4-5-15(2)11-17/h4-7,9,11-12H,3,8,10,13-14H2,1-2H3,(H,24,27). The highest BCUT2D eigenvalue weighted by atomic mass is 16.5. The molecule has 0 fully saturated rings. The number of carbonyl (C=O) groups excluding carboxylic acids is 4. The Morgan fingerprint density at radius 2 is 1.94 bits per heavy atom. The second-order valence-electron chi connectivity index (χ2n) is 7.10. The van der Waals surface area contributed by atoms with Crippen molar-refractivity contribution in [3.63, 3.8) is 0 Å². The van der Waals surface area contributed by atoms with Crippen molar-refractivity contribution in [2.75, 3.05) is 30.0 Å². The molecule has 162 valence electrons. The van der Waals surface area contributed by atoms with Gasteiger partial charge in [0, 0.05) is 17.7 Å². The Hall–Kier alpha value is -3.68. The fraction of sp³-hybridized carbons (Fsp3) is 0.304. The van der Waals surface area contributed by atoms with Crippen molar-refractivity contribution >= 4 is 34.9 Å². The first-order valence-electron chi connectivity index (χ1n) is 10.00. The van der Waals surface area contributed by atoms with Gasteiger partial charge < -0.3 is 14.8 Å². The van der Waals surface area contributed by atoms with Gasteiger partial charge >= 0.3 is 5.97 Å². The molecule has 1 heterocycles. The first-order chi connectivity index (χ1) is 14.9. The number of hydrogen-bond donors (Lipinski definition) is 1. The molecule has 1 aliphatic heterocycles. The number of rotatable bonds is 8. The van der Waals surface area contributed by atoms with Crippen molar-refractivity contribution in [1.82, 2.24) is 0 Å². The number of aryl methyl sites for hydroxylation is 1. The topological polar surface area (TPSA) is 102 Å². The fourth-order valence-electron chi connectivity index (χ4n) is 3.21. The zero-order valence-electron chi connectivity index (χ0n) is 17.5. The summed E-state index contributed by atoms with van der Waals surface area (Å²) < 4.78 is 10.3. The minimum Gasteiger partial charge on any atom is -0.482 e. The van der Waals surface area contributed by atoms with Gasteiger partial charge in [0.1, 0.15) is 12.3 Å². The van der Waals surface area contributed by atoms with E-state index in [-0.39, 0.29) is 50.2 Å². The van der Waals surface area contributed by atoms with Crippen LogP contribution in [0, 0.1) is 6.92 Å². The van der Waals surface area contributed by atoms with Gasteiger partial charge in [-0.05, 0) is 49.7 Å². The first kappa shape index (κ1) is 22.0. The van der Waals surface area contributed by atoms with E-state index < -0.39 is 5.97 Å². The van der Waals surface area contributed by atoms with Crippen molar-refractivity contribution in [1.29, 1.82) is 0 Å². The third-order valence-electron chi connectivity index (χ3n) is 4.69. The number of carbonyl (C=O) groups is 4. The molecule has 0 aromatic heterocycles. The van der Waals surface area contributed by atoms with E-state index in [2.05, 4.69) is 5.32 Å². The van der Waals surface area contributed by atoms with Crippen LogP contribution in [0.2, 0.25) is 0 Å². The van der Waals surface area contributed by atoms with E-state index >= 15 is 0 Å². The monoisotopic (exact) mass is 424 g/mol. The van der Waals surface area contributed by atoms with Crippen LogP contribution >= 0.6 is 0 Å². The molecule has 1 aliphatic rings. The van der Waals surface area contributed by atoms with Crippen LogP contribution in [0.1, 0.15) is 35.7 Å². The van der Waals surface area contributed by atoms with Crippen LogP contribution in [-0.2, 0) is 19.1 Å². The summed E-state index contributed by atoms with van der Waals surface area (Å²) in [6, 6.07) is 12.0. The van der Waals surface area contributed by atoms with Gasteiger partial charge in [0.25, 0.3) is 5.91 Å². The predicted molar refractivity (Wildman–Crippen MR) is 114 cm³/mol. The quantitative estimate of drug-likeness (QED) is 0.516. The fourth-order valence-corrected chi connectivity index (χ4v) is 3.21. The molecule has 2 amide bonds. The minimum atomic E-state index is -0.443. The second kappa shape index (κ2) is 9.88. The molecule has 0 unspecified atom stereocenters. The summed E-state index contributed by atoms with van der Waals surface area (Å²) in [5, 5.41) is 2.77. The average molecular weight is 424 g/mol. The largest absolute Gasteiger partial charge is 0.482 e. The molecule has 2 aromatic carbocycles. The number of Topliss-reactive ketones (excluding diaryl/α,β-unsaturated/α-hetero) is 1. The molecule has 0 bridgehead atoms. The molecule has 0 atom stereocenters. The van der Waals surface area contributed by atoms with Crippen LogP contribution in [0.25, 0.3) is 0 Å². The SMILES string of the molecule is CCOC(=O)CCC(=O)c1ccc2c(c1)N(CC(=O)Nc1cccc(C)c1)C(=O)CO2. The zero-order valence-corrected chi connectivity index (χ0v) is 17.5. The van der Waals surface area contributed by atoms with Gasteiger partial charge in [0.2, 0.25) is 5.91 Å². The van der Waals surface area contributed by atoms with E-state index in [0.717, 1.165) is 5.56 Å². The molecule has 8 nitrogen and oxygen atoms in total. The molecule has 0 saturated heterocycles. The van der Waals surface area contributed by atoms with Crippen LogP contribution in [0.5, 0.6) is 5.75 Å². The van der Waals surface area contributed by atoms with Gasteiger partial charge in [-0.2, -0.15) is 0 Å². The Balaban J connectivity index is 1.74. The lowest BCUT2D eigenvalue weighted by Gasteiger charge is -2.29. The lowest BCUT2D eigenvalue weighted by molar-refractivity contribution is -0.143. The van der Waals surface area contributed by atoms with E-state index in [1.54, 1.807) is 25.1 Å². The zero-order chi connectivity index (χ0) is 22.4. The van der Waals surface area contributed by atoms with E-state index in [1.807, 2.05) is 25.1 Å². The van der Waals surface area contributed by atoms with Crippen molar-refractivity contribution in [3.05, 3.63) is 53.6 Å². The molecule has 3 rings (SSSR count). The molecule has 0 saturated carbocycles. The van der Waals surface area contributed by atoms with Crippen molar-refractivity contribution in [2.45, 2.75) is 26.7 Å². The van der Waals surface area contributed by atoms with Gasteiger partial charge in [-0.25, -0.2) is 0 Å². The summed E-state index contributed by atoms with van der Waals surface area (Å²) in [6.45, 7) is 3.46. The van der Waals surface area contributed by atoms with E-state index in [4.69, 9.17) is 9.47 Å². The van der Waals surface area contributed by atoms with Crippen LogP contribution in [0.15, 0.2) is 42.5 Å². The Bertz CT molecular complexity index is 1020. The lowest BCUT2D eigenvalue weighted by Crippen LogP contribution is -2.43. The first-order valence-corrected chi connectivity index (χ1v) is 10.00. The van der Waals surface area contributed by atoms with Gasteiger partial charge in [-0.1, -0.05) is 12.1 Å². The third kappa shape index (κ3) is 5.69. The number of hydrogen-bond acceptors (Lipinski definition) is 6. The second-order valence-corrected chi connectivity index (χ2v) is 7.10. The van der Waals surface area contributed by atoms with Crippen LogP contribution in [0.4, 0.5) is 11.4 Å². The summed E-state index contributed by atoms with van der Waals surface area (Å²) in [6.07, 6.45) is -0.0396. The number of anilines is 2. The van der Waals surface area contributed by atoms with E-state index in [0.29, 0.717) is 22.7 Å². The maximum absolute atomic E-state index is 12.5. The molecule has 1 N–H and O–H groups in total. The average Bonchev–Trinajstić information content (AvgIpc) is 2.74. The number of amides is 2. The lowest BCUT2D eigenvalue weighted by atomic mass is 10.0. The highest BCUT2D eigenvalue weighted by molar-refractivity contribution is 6.06. The maximum atomic E-state index is 12.5. The van der Waals surface area contributed by atoms with Crippen LogP contribution in [-0.4, -0.2) is 43.3 Å². The van der Waals surface area contributed by atoms with Gasteiger partial charge in [0.15, 0.2) is 12.4 Å². The predicted octanol–water partition coefficient (Wildman–Crippen LogP) is 2.89. The summed E-state index contributed by atoms with van der Waals surface area (Å²) in [5.41, 5.74) is 2.30. The number of nitrogens with one attached hydrogen (secondary N) is 1. The Morgan fingerprint density at radius 3 is 2.68 bits per heavy atom. The van der Waals surface area contributed by atoms with Gasteiger partial charge in [-0.3, -0.25) is 24.1 Å². The number of benzene rings is 2. The Labute approximate surface area is 180 Å². The van der Waals surface area contributed by atoms with E-state index in [1.165, 1.54) is 11.0 Å². The number of fused-ring (bicyclic) bond motifs is 1. The molecule has 31 heavy (non-hydrogen) atoms. The van der Waals surface area contributed by atoms with E-state index in [9.17, 15) is 19.2 Å². The molecule has 8 heteroatoms. The van der Waals surface area contributed by atoms with Gasteiger partial charge in [-0.15, -0.1) is 0 Å². The van der Waals surface area contributed by atoms with Crippen molar-refractivity contribution in [2.24, 2.45) is 0 Å². The molecule has 2 aromatic rings. The normalized spacial score (nSPS) is 12.6. The van der Waals surface area contributed by atoms with Crippen LogP contribution < -0.4 is 15.0 Å². The molecule has 0 radical (unpaired) electrons.